The van der Waals surface area contributed by atoms with Gasteiger partial charge in [0.15, 0.2) is 14.6 Å². The molecule has 1 saturated heterocycles. The Morgan fingerprint density at radius 2 is 1.94 bits per heavy atom. The molecule has 3 unspecified atom stereocenters. The number of rotatable bonds is 11. The maximum atomic E-state index is 11.2. The lowest BCUT2D eigenvalue weighted by Crippen LogP contribution is -2.44. The summed E-state index contributed by atoms with van der Waals surface area (Å²) in [5.74, 6) is 0.0759. The molecule has 0 aromatic rings. The van der Waals surface area contributed by atoms with Gasteiger partial charge in [-0.05, 0) is 62.6 Å². The number of carbonyl (C=O) groups is 1. The van der Waals surface area contributed by atoms with Gasteiger partial charge in [0.2, 0.25) is 0 Å². The number of carbonyl (C=O) groups excluding carboxylic acids is 1. The SMILES string of the molecule is COC(=O)CCC/C=C\CC1C(O)C[C@@H](OC2CCCCO2)[C@@H]1CO[Si](C)(C)C(C)(C)C. The van der Waals surface area contributed by atoms with Crippen molar-refractivity contribution in [1.29, 1.82) is 0 Å². The lowest BCUT2D eigenvalue weighted by atomic mass is 9.91. The summed E-state index contributed by atoms with van der Waals surface area (Å²) in [4.78, 5) is 11.2. The molecule has 1 saturated carbocycles. The maximum absolute atomic E-state index is 11.2. The van der Waals surface area contributed by atoms with E-state index in [1.165, 1.54) is 7.11 Å². The summed E-state index contributed by atoms with van der Waals surface area (Å²) in [5, 5.41) is 11.0. The summed E-state index contributed by atoms with van der Waals surface area (Å²) in [7, 11) is -0.480. The monoisotopic (exact) mass is 470 g/mol. The fraction of sp³-hybridized carbons (Fsp3) is 0.880. The number of hydrogen-bond donors (Lipinski definition) is 1. The number of ether oxygens (including phenoxy) is 3. The fourth-order valence-corrected chi connectivity index (χ4v) is 5.28. The minimum Gasteiger partial charge on any atom is -0.469 e. The topological polar surface area (TPSA) is 74.2 Å². The highest BCUT2D eigenvalue weighted by Crippen LogP contribution is 2.42. The normalized spacial score (nSPS) is 29.5. The molecular formula is C25H46O6Si. The standard InChI is InChI=1S/C25H46O6Si/c1-25(2,3)32(5,6)30-18-20-19(13-9-7-8-10-14-23(27)28-4)21(26)17-22(20)31-24-15-11-12-16-29-24/h7,9,19-22,24,26H,8,10-18H2,1-6H3/b9-7-/t19?,20-,21?,22-,24?/m1/s1. The van der Waals surface area contributed by atoms with E-state index in [1.807, 2.05) is 0 Å². The van der Waals surface area contributed by atoms with Crippen LogP contribution in [0.3, 0.4) is 0 Å². The summed E-state index contributed by atoms with van der Waals surface area (Å²) in [6, 6.07) is 0. The molecule has 0 aromatic heterocycles. The van der Waals surface area contributed by atoms with Crippen molar-refractivity contribution in [3.8, 4) is 0 Å². The first kappa shape index (κ1) is 27.5. The highest BCUT2D eigenvalue weighted by molar-refractivity contribution is 6.74. The molecule has 7 heteroatoms. The second kappa shape index (κ2) is 12.7. The van der Waals surface area contributed by atoms with Gasteiger partial charge in [-0.2, -0.15) is 0 Å². The average Bonchev–Trinajstić information content (AvgIpc) is 3.02. The van der Waals surface area contributed by atoms with E-state index in [2.05, 4.69) is 50.8 Å². The molecule has 2 rings (SSSR count). The highest BCUT2D eigenvalue weighted by atomic mass is 28.4. The summed E-state index contributed by atoms with van der Waals surface area (Å²) in [6.45, 7) is 12.7. The first-order valence-electron chi connectivity index (χ1n) is 12.4. The fourth-order valence-electron chi connectivity index (χ4n) is 4.24. The molecule has 0 aromatic carbocycles. The van der Waals surface area contributed by atoms with E-state index in [1.54, 1.807) is 0 Å². The molecule has 1 aliphatic carbocycles. The van der Waals surface area contributed by atoms with E-state index in [0.29, 0.717) is 19.4 Å². The number of aliphatic hydroxyl groups excluding tert-OH is 1. The number of allylic oxidation sites excluding steroid dienone is 2. The molecule has 1 N–H and O–H groups in total. The average molecular weight is 471 g/mol. The summed E-state index contributed by atoms with van der Waals surface area (Å²) >= 11 is 0. The van der Waals surface area contributed by atoms with Gasteiger partial charge in [0.25, 0.3) is 0 Å². The third-order valence-corrected chi connectivity index (χ3v) is 12.0. The molecule has 0 radical (unpaired) electrons. The zero-order chi connectivity index (χ0) is 23.8. The van der Waals surface area contributed by atoms with Crippen molar-refractivity contribution >= 4 is 14.3 Å². The van der Waals surface area contributed by atoms with Gasteiger partial charge in [-0.3, -0.25) is 4.79 Å². The van der Waals surface area contributed by atoms with Crippen LogP contribution in [0.1, 0.15) is 72.1 Å². The summed E-state index contributed by atoms with van der Waals surface area (Å²) < 4.78 is 23.5. The van der Waals surface area contributed by atoms with Crippen LogP contribution in [0.2, 0.25) is 18.1 Å². The molecular weight excluding hydrogens is 424 g/mol. The molecule has 2 aliphatic rings. The molecule has 186 valence electrons. The molecule has 6 nitrogen and oxygen atoms in total. The Kier molecular flexibility index (Phi) is 10.9. The number of esters is 1. The van der Waals surface area contributed by atoms with Gasteiger partial charge in [-0.25, -0.2) is 0 Å². The van der Waals surface area contributed by atoms with E-state index in [4.69, 9.17) is 13.9 Å². The van der Waals surface area contributed by atoms with Gasteiger partial charge in [0.1, 0.15) is 0 Å². The molecule has 0 spiro atoms. The lowest BCUT2D eigenvalue weighted by molar-refractivity contribution is -0.197. The van der Waals surface area contributed by atoms with Gasteiger partial charge in [-0.15, -0.1) is 0 Å². The quantitative estimate of drug-likeness (QED) is 0.193. The first-order chi connectivity index (χ1) is 15.0. The van der Waals surface area contributed by atoms with Crippen molar-refractivity contribution < 1.29 is 28.5 Å². The third kappa shape index (κ3) is 8.24. The van der Waals surface area contributed by atoms with E-state index >= 15 is 0 Å². The minimum atomic E-state index is -1.90. The van der Waals surface area contributed by atoms with Crippen LogP contribution >= 0.6 is 0 Å². The zero-order valence-electron chi connectivity index (χ0n) is 21.1. The van der Waals surface area contributed by atoms with Crippen molar-refractivity contribution in [2.24, 2.45) is 11.8 Å². The van der Waals surface area contributed by atoms with Crippen LogP contribution in [0.5, 0.6) is 0 Å². The predicted octanol–water partition coefficient (Wildman–Crippen LogP) is 5.21. The van der Waals surface area contributed by atoms with Crippen LogP contribution in [0.15, 0.2) is 12.2 Å². The Balaban J connectivity index is 1.99. The minimum absolute atomic E-state index is 0.0457. The number of methoxy groups -OCH3 is 1. The largest absolute Gasteiger partial charge is 0.469 e. The van der Waals surface area contributed by atoms with Crippen LogP contribution in [0.4, 0.5) is 0 Å². The maximum Gasteiger partial charge on any atom is 0.305 e. The van der Waals surface area contributed by atoms with Gasteiger partial charge in [0, 0.05) is 32.0 Å². The van der Waals surface area contributed by atoms with Gasteiger partial charge >= 0.3 is 5.97 Å². The summed E-state index contributed by atoms with van der Waals surface area (Å²) in [6.07, 6.45) is 10.2. The van der Waals surface area contributed by atoms with Crippen molar-refractivity contribution in [1.82, 2.24) is 0 Å². The number of aliphatic hydroxyl groups is 1. The molecule has 1 heterocycles. The van der Waals surface area contributed by atoms with Gasteiger partial charge < -0.3 is 23.7 Å². The van der Waals surface area contributed by atoms with Crippen LogP contribution < -0.4 is 0 Å². The van der Waals surface area contributed by atoms with Crippen molar-refractivity contribution in [3.05, 3.63) is 12.2 Å². The molecule has 32 heavy (non-hydrogen) atoms. The Bertz CT molecular complexity index is 594. The van der Waals surface area contributed by atoms with Gasteiger partial charge in [-0.1, -0.05) is 32.9 Å². The Morgan fingerprint density at radius 3 is 2.56 bits per heavy atom. The van der Waals surface area contributed by atoms with Crippen LogP contribution in [0.25, 0.3) is 0 Å². The molecule has 0 amide bonds. The van der Waals surface area contributed by atoms with E-state index < -0.39 is 14.4 Å². The molecule has 1 aliphatic heterocycles. The zero-order valence-corrected chi connectivity index (χ0v) is 22.1. The molecule has 0 bridgehead atoms. The van der Waals surface area contributed by atoms with E-state index in [9.17, 15) is 9.90 Å². The molecule has 5 atom stereocenters. The smallest absolute Gasteiger partial charge is 0.305 e. The van der Waals surface area contributed by atoms with Crippen molar-refractivity contribution in [2.45, 2.75) is 109 Å². The van der Waals surface area contributed by atoms with Crippen molar-refractivity contribution in [2.75, 3.05) is 20.3 Å². The Morgan fingerprint density at radius 1 is 1.19 bits per heavy atom. The Hall–Kier alpha value is -0.733. The second-order valence-electron chi connectivity index (χ2n) is 10.8. The molecule has 2 fully saturated rings. The predicted molar refractivity (Wildman–Crippen MR) is 129 cm³/mol. The Labute approximate surface area is 196 Å². The highest BCUT2D eigenvalue weighted by Gasteiger charge is 2.46. The number of hydrogen-bond acceptors (Lipinski definition) is 6. The van der Waals surface area contributed by atoms with E-state index in [-0.39, 0.29) is 35.2 Å². The van der Waals surface area contributed by atoms with Crippen molar-refractivity contribution in [3.63, 3.8) is 0 Å². The second-order valence-corrected chi connectivity index (χ2v) is 15.7. The lowest BCUT2D eigenvalue weighted by Gasteiger charge is -2.38. The van der Waals surface area contributed by atoms with Crippen LogP contribution in [0, 0.1) is 11.8 Å². The van der Waals surface area contributed by atoms with Crippen LogP contribution in [-0.4, -0.2) is 58.2 Å². The summed E-state index contributed by atoms with van der Waals surface area (Å²) in [5.41, 5.74) is 0. The van der Waals surface area contributed by atoms with E-state index in [0.717, 1.165) is 45.1 Å². The van der Waals surface area contributed by atoms with Gasteiger partial charge in [0.05, 0.1) is 19.3 Å². The van der Waals surface area contributed by atoms with Crippen LogP contribution in [-0.2, 0) is 23.4 Å². The third-order valence-electron chi connectivity index (χ3n) is 7.46. The number of unbranched alkanes of at least 4 members (excludes halogenated alkanes) is 1. The first-order valence-corrected chi connectivity index (χ1v) is 15.3.